The Morgan fingerprint density at radius 2 is 0.683 bits per heavy atom. The van der Waals surface area contributed by atoms with Crippen LogP contribution in [-0.4, -0.2) is 20.6 Å². The molecule has 4 aromatic carbocycles. The molecule has 4 aliphatic heterocycles. The van der Waals surface area contributed by atoms with Gasteiger partial charge in [-0.25, -0.2) is 0 Å². The average molecular weight is 705 g/mol. The zero-order chi connectivity index (χ0) is 26.6. The summed E-state index contributed by atoms with van der Waals surface area (Å²) >= 11 is 0. The van der Waals surface area contributed by atoms with Crippen LogP contribution in [0, 0.1) is 6.92 Å². The molecule has 0 bridgehead atoms. The first-order valence-corrected chi connectivity index (χ1v) is 19.7. The first-order valence-electron chi connectivity index (χ1n) is 12.6. The standard InChI is InChI=1S/C15H14O2P2.C15H13O2P2.2ClH.Ni/c2*1-15-14(18(15,16)12-8-4-2-5-9-12)19(15,17)13-10-6-3-7-11-13;;;/h2-11,14H,1H3;2-11,14H,1H2;2*1H;/q;-1;;;+3/p-2. The molecule has 4 unspecified atom stereocenters. The third kappa shape index (κ3) is 3.74. The van der Waals surface area contributed by atoms with Gasteiger partial charge in [0.2, 0.25) is 0 Å². The van der Waals surface area contributed by atoms with Crippen molar-refractivity contribution in [2.75, 3.05) is 0 Å². The molecule has 4 aromatic rings. The van der Waals surface area contributed by atoms with Crippen molar-refractivity contribution in [2.24, 2.45) is 0 Å². The van der Waals surface area contributed by atoms with Crippen molar-refractivity contribution in [3.05, 3.63) is 128 Å². The molecule has 4 fully saturated rings. The van der Waals surface area contributed by atoms with Gasteiger partial charge in [-0.05, 0) is 11.8 Å². The first kappa shape index (κ1) is 32.8. The molecule has 11 heteroatoms. The molecule has 4 nitrogen and oxygen atoms in total. The summed E-state index contributed by atoms with van der Waals surface area (Å²) in [5.74, 6) is 0. The SMILES string of the molecule is CC12C(P1(=O)c1ccccc1)P2(=O)c1ccccc1.[CH2-]C12C(P1(=O)c1ccccc1)P2(=O)c1ccccc1.[Cl-].[Cl-].[Ni+3]. The van der Waals surface area contributed by atoms with E-state index in [1.54, 1.807) is 0 Å². The zero-order valence-electron chi connectivity index (χ0n) is 21.9. The molecule has 8 rings (SSSR count). The maximum absolute atomic E-state index is 13.0. The Morgan fingerprint density at radius 1 is 0.488 bits per heavy atom. The third-order valence-corrected chi connectivity index (χ3v) is 31.2. The summed E-state index contributed by atoms with van der Waals surface area (Å²) in [5.41, 5.74) is 0. The van der Waals surface area contributed by atoms with E-state index in [9.17, 15) is 18.3 Å². The molecule has 1 radical (unpaired) electrons. The Bertz CT molecular complexity index is 1530. The van der Waals surface area contributed by atoms with Gasteiger partial charge >= 0.3 is 16.5 Å². The first-order chi connectivity index (χ1) is 18.2. The van der Waals surface area contributed by atoms with Gasteiger partial charge in [0, 0.05) is 21.2 Å². The third-order valence-electron chi connectivity index (χ3n) is 9.06. The van der Waals surface area contributed by atoms with Crippen LogP contribution in [0.5, 0.6) is 0 Å². The van der Waals surface area contributed by atoms with Gasteiger partial charge < -0.3 is 50.0 Å². The fourth-order valence-electron chi connectivity index (χ4n) is 6.72. The van der Waals surface area contributed by atoms with Crippen LogP contribution >= 0.6 is 28.6 Å². The summed E-state index contributed by atoms with van der Waals surface area (Å²) < 4.78 is 52.1. The maximum Gasteiger partial charge on any atom is 3.00 e. The van der Waals surface area contributed by atoms with Crippen molar-refractivity contribution < 1.29 is 59.6 Å². The molecule has 0 N–H and O–H groups in total. The van der Waals surface area contributed by atoms with E-state index in [1.807, 2.05) is 128 Å². The predicted octanol–water partition coefficient (Wildman–Crippen LogP) is 0.686. The second-order valence-corrected chi connectivity index (χ2v) is 25.1. The van der Waals surface area contributed by atoms with E-state index in [0.717, 1.165) is 21.2 Å². The number of halogens is 2. The van der Waals surface area contributed by atoms with E-state index >= 15 is 0 Å². The quantitative estimate of drug-likeness (QED) is 0.178. The molecular formula is C30H27Cl2NiO4P4. The minimum absolute atomic E-state index is 0. The van der Waals surface area contributed by atoms with Gasteiger partial charge in [0.1, 0.15) is 33.5 Å². The summed E-state index contributed by atoms with van der Waals surface area (Å²) in [6.45, 7) is 6.03. The van der Waals surface area contributed by atoms with Crippen molar-refractivity contribution in [2.45, 2.75) is 27.5 Å². The maximum atomic E-state index is 13.0. The van der Waals surface area contributed by atoms with E-state index in [-0.39, 0.29) is 52.1 Å². The Balaban J connectivity index is 0.000000176. The van der Waals surface area contributed by atoms with Gasteiger partial charge in [0.05, 0.1) is 10.8 Å². The number of hydrogen-bond acceptors (Lipinski definition) is 4. The van der Waals surface area contributed by atoms with Crippen molar-refractivity contribution in [3.63, 3.8) is 0 Å². The van der Waals surface area contributed by atoms with Crippen LogP contribution in [0.15, 0.2) is 121 Å². The minimum Gasteiger partial charge on any atom is -1.00 e. The van der Waals surface area contributed by atoms with Crippen LogP contribution in [0.25, 0.3) is 0 Å². The predicted molar refractivity (Wildman–Crippen MR) is 159 cm³/mol. The molecule has 0 saturated carbocycles. The summed E-state index contributed by atoms with van der Waals surface area (Å²) in [4.78, 5) is -1.16. The van der Waals surface area contributed by atoms with Crippen molar-refractivity contribution in [3.8, 4) is 0 Å². The molecule has 4 aliphatic rings. The van der Waals surface area contributed by atoms with E-state index in [4.69, 9.17) is 0 Å². The molecule has 0 aromatic heterocycles. The number of benzene rings is 4. The molecule has 4 atom stereocenters. The van der Waals surface area contributed by atoms with E-state index in [0.29, 0.717) is 0 Å². The second kappa shape index (κ2) is 10.5. The second-order valence-electron chi connectivity index (χ2n) is 10.7. The van der Waals surface area contributed by atoms with Crippen molar-refractivity contribution in [1.29, 1.82) is 0 Å². The van der Waals surface area contributed by atoms with Crippen LogP contribution in [-0.2, 0) is 34.8 Å². The molecular weight excluding hydrogens is 678 g/mol. The normalized spacial score (nSPS) is 39.4. The topological polar surface area (TPSA) is 68.3 Å². The van der Waals surface area contributed by atoms with Crippen LogP contribution in [0.3, 0.4) is 0 Å². The minimum atomic E-state index is -2.53. The van der Waals surface area contributed by atoms with Gasteiger partial charge in [-0.3, -0.25) is 0 Å². The summed E-state index contributed by atoms with van der Waals surface area (Å²) in [5, 5.41) is 3.14. The van der Waals surface area contributed by atoms with Crippen molar-refractivity contribution >= 4 is 49.8 Å². The van der Waals surface area contributed by atoms with Crippen LogP contribution in [0.4, 0.5) is 0 Å². The Kier molecular flexibility index (Phi) is 8.39. The molecule has 4 saturated heterocycles. The Morgan fingerprint density at radius 3 is 0.902 bits per heavy atom. The summed E-state index contributed by atoms with van der Waals surface area (Å²) in [6.07, 6.45) is 0. The van der Waals surface area contributed by atoms with E-state index in [2.05, 4.69) is 6.92 Å². The fraction of sp³-hybridized carbons (Fsp3) is 0.167. The van der Waals surface area contributed by atoms with Gasteiger partial charge in [-0.1, -0.05) is 121 Å². The molecule has 0 spiro atoms. The van der Waals surface area contributed by atoms with Crippen LogP contribution in [0.2, 0.25) is 0 Å². The molecule has 41 heavy (non-hydrogen) atoms. The monoisotopic (exact) mass is 703 g/mol. The van der Waals surface area contributed by atoms with Crippen molar-refractivity contribution in [1.82, 2.24) is 0 Å². The van der Waals surface area contributed by atoms with E-state index in [1.165, 1.54) is 0 Å². The summed E-state index contributed by atoms with van der Waals surface area (Å²) in [6, 6.07) is 37.9. The number of fused-ring (bicyclic) bond motifs is 2. The zero-order valence-corrected chi connectivity index (χ0v) is 28.0. The molecule has 4 heterocycles. The molecule has 0 aliphatic carbocycles. The fourth-order valence-corrected chi connectivity index (χ4v) is 32.2. The molecule has 0 amide bonds. The van der Waals surface area contributed by atoms with Crippen LogP contribution in [0.1, 0.15) is 6.92 Å². The largest absolute Gasteiger partial charge is 3.00 e. The Labute approximate surface area is 263 Å². The van der Waals surface area contributed by atoms with Crippen LogP contribution < -0.4 is 46.0 Å². The summed E-state index contributed by atoms with van der Waals surface area (Å²) in [7, 11) is -9.92. The Hall–Kier alpha value is -1.13. The number of hydrogen-bond donors (Lipinski definition) is 0. The van der Waals surface area contributed by atoms with Gasteiger partial charge in [-0.15, -0.1) is 0 Å². The van der Waals surface area contributed by atoms with E-state index < -0.39 is 38.4 Å². The van der Waals surface area contributed by atoms with Gasteiger partial charge in [0.25, 0.3) is 0 Å². The number of rotatable bonds is 4. The average Bonchev–Trinajstić information content (AvgIpc) is 3.92. The smallest absolute Gasteiger partial charge is 1.00 e. The van der Waals surface area contributed by atoms with Gasteiger partial charge in [-0.2, -0.15) is 0 Å². The molecule has 215 valence electrons. The van der Waals surface area contributed by atoms with Gasteiger partial charge in [0.15, 0.2) is 0 Å².